The van der Waals surface area contributed by atoms with Gasteiger partial charge < -0.3 is 11.5 Å². The SMILES string of the molecule is NC1CCCCC[C@H](N)CCCC1. The van der Waals surface area contributed by atoms with Gasteiger partial charge in [-0.1, -0.05) is 32.1 Å². The lowest BCUT2D eigenvalue weighted by Gasteiger charge is -2.10. The predicted octanol–water partition coefficient (Wildman–Crippen LogP) is 2.17. The van der Waals surface area contributed by atoms with Crippen LogP contribution in [0.25, 0.3) is 0 Å². The topological polar surface area (TPSA) is 52.0 Å². The van der Waals surface area contributed by atoms with Crippen LogP contribution in [0.2, 0.25) is 0 Å². The summed E-state index contributed by atoms with van der Waals surface area (Å²) in [6.45, 7) is 0. The second-order valence-electron chi connectivity index (χ2n) is 4.44. The van der Waals surface area contributed by atoms with Crippen LogP contribution in [0.5, 0.6) is 0 Å². The molecule has 1 unspecified atom stereocenters. The molecule has 2 nitrogen and oxygen atoms in total. The molecule has 1 aliphatic rings. The molecule has 0 bridgehead atoms. The third-order valence-electron chi connectivity index (χ3n) is 3.05. The summed E-state index contributed by atoms with van der Waals surface area (Å²) in [6.07, 6.45) is 11.3. The summed E-state index contributed by atoms with van der Waals surface area (Å²) >= 11 is 0. The highest BCUT2D eigenvalue weighted by Crippen LogP contribution is 2.15. The molecule has 2 heteroatoms. The zero-order valence-corrected chi connectivity index (χ0v) is 8.67. The molecule has 78 valence electrons. The molecule has 0 spiro atoms. The maximum atomic E-state index is 5.98. The zero-order chi connectivity index (χ0) is 9.52. The normalized spacial score (nSPS) is 33.7. The molecule has 2 atom stereocenters. The molecule has 0 heterocycles. The van der Waals surface area contributed by atoms with Crippen LogP contribution < -0.4 is 11.5 Å². The Morgan fingerprint density at radius 3 is 1.23 bits per heavy atom. The highest BCUT2D eigenvalue weighted by atomic mass is 14.6. The maximum absolute atomic E-state index is 5.98. The fourth-order valence-corrected chi connectivity index (χ4v) is 2.09. The molecule has 4 N–H and O–H groups in total. The Morgan fingerprint density at radius 1 is 0.538 bits per heavy atom. The Morgan fingerprint density at radius 2 is 0.846 bits per heavy atom. The van der Waals surface area contributed by atoms with E-state index in [9.17, 15) is 0 Å². The summed E-state index contributed by atoms with van der Waals surface area (Å²) in [5, 5.41) is 0. The Labute approximate surface area is 82.1 Å². The molecule has 1 rings (SSSR count). The predicted molar refractivity (Wildman–Crippen MR) is 57.5 cm³/mol. The van der Waals surface area contributed by atoms with E-state index in [1.54, 1.807) is 0 Å². The van der Waals surface area contributed by atoms with Crippen LogP contribution >= 0.6 is 0 Å². The maximum Gasteiger partial charge on any atom is 0.00388 e. The van der Waals surface area contributed by atoms with Crippen LogP contribution in [-0.2, 0) is 0 Å². The smallest absolute Gasteiger partial charge is 0.00388 e. The average Bonchev–Trinajstić information content (AvgIpc) is 2.14. The summed E-state index contributed by atoms with van der Waals surface area (Å²) in [5.74, 6) is 0. The third kappa shape index (κ3) is 5.27. The van der Waals surface area contributed by atoms with Gasteiger partial charge in [0.2, 0.25) is 0 Å². The van der Waals surface area contributed by atoms with Gasteiger partial charge in [0.1, 0.15) is 0 Å². The summed E-state index contributed by atoms with van der Waals surface area (Å²) in [6, 6.07) is 0.906. The van der Waals surface area contributed by atoms with E-state index in [0.717, 1.165) is 0 Å². The van der Waals surface area contributed by atoms with E-state index >= 15 is 0 Å². The van der Waals surface area contributed by atoms with Crippen LogP contribution in [-0.4, -0.2) is 12.1 Å². The Balaban J connectivity index is 2.22. The summed E-state index contributed by atoms with van der Waals surface area (Å²) in [4.78, 5) is 0. The molecular weight excluding hydrogens is 160 g/mol. The standard InChI is InChI=1S/C11H24N2/c12-10-6-2-1-3-7-11(13)9-5-4-8-10/h10-11H,1-9,12-13H2/t10-,11?/m0/s1. The average molecular weight is 184 g/mol. The minimum absolute atomic E-state index is 0.453. The molecule has 1 saturated carbocycles. The fourth-order valence-electron chi connectivity index (χ4n) is 2.09. The van der Waals surface area contributed by atoms with E-state index in [1.807, 2.05) is 0 Å². The largest absolute Gasteiger partial charge is 0.328 e. The van der Waals surface area contributed by atoms with E-state index < -0.39 is 0 Å². The number of hydrogen-bond donors (Lipinski definition) is 2. The lowest BCUT2D eigenvalue weighted by Crippen LogP contribution is -2.20. The van der Waals surface area contributed by atoms with Crippen molar-refractivity contribution in [2.75, 3.05) is 0 Å². The van der Waals surface area contributed by atoms with Crippen molar-refractivity contribution in [2.45, 2.75) is 69.9 Å². The Bertz CT molecular complexity index is 111. The molecular formula is C11H24N2. The van der Waals surface area contributed by atoms with Crippen molar-refractivity contribution in [3.8, 4) is 0 Å². The van der Waals surface area contributed by atoms with E-state index in [0.29, 0.717) is 12.1 Å². The first-order chi connectivity index (χ1) is 6.29. The first kappa shape index (κ1) is 11.0. The summed E-state index contributed by atoms with van der Waals surface area (Å²) < 4.78 is 0. The molecule has 0 aromatic rings. The van der Waals surface area contributed by atoms with Crippen LogP contribution in [0.1, 0.15) is 57.8 Å². The fraction of sp³-hybridized carbons (Fsp3) is 1.00. The van der Waals surface area contributed by atoms with Gasteiger partial charge in [-0.2, -0.15) is 0 Å². The van der Waals surface area contributed by atoms with Crippen molar-refractivity contribution in [1.82, 2.24) is 0 Å². The minimum atomic E-state index is 0.453. The highest BCUT2D eigenvalue weighted by molar-refractivity contribution is 4.67. The third-order valence-corrected chi connectivity index (χ3v) is 3.05. The lowest BCUT2D eigenvalue weighted by atomic mass is 10.0. The van der Waals surface area contributed by atoms with Gasteiger partial charge in [0.25, 0.3) is 0 Å². The minimum Gasteiger partial charge on any atom is -0.328 e. The molecule has 13 heavy (non-hydrogen) atoms. The van der Waals surface area contributed by atoms with Crippen LogP contribution in [0, 0.1) is 0 Å². The number of nitrogens with two attached hydrogens (primary N) is 2. The van der Waals surface area contributed by atoms with Gasteiger partial charge in [-0.3, -0.25) is 0 Å². The van der Waals surface area contributed by atoms with E-state index in [1.165, 1.54) is 57.8 Å². The van der Waals surface area contributed by atoms with Gasteiger partial charge in [-0.15, -0.1) is 0 Å². The monoisotopic (exact) mass is 184 g/mol. The van der Waals surface area contributed by atoms with Gasteiger partial charge in [0.15, 0.2) is 0 Å². The molecule has 0 aliphatic heterocycles. The van der Waals surface area contributed by atoms with Crippen LogP contribution in [0.4, 0.5) is 0 Å². The van der Waals surface area contributed by atoms with Crippen LogP contribution in [0.15, 0.2) is 0 Å². The van der Waals surface area contributed by atoms with E-state index in [-0.39, 0.29) is 0 Å². The first-order valence-corrected chi connectivity index (χ1v) is 5.80. The van der Waals surface area contributed by atoms with Gasteiger partial charge in [-0.25, -0.2) is 0 Å². The van der Waals surface area contributed by atoms with E-state index in [2.05, 4.69) is 0 Å². The lowest BCUT2D eigenvalue weighted by molar-refractivity contribution is 0.502. The van der Waals surface area contributed by atoms with Gasteiger partial charge in [-0.05, 0) is 25.7 Å². The van der Waals surface area contributed by atoms with Crippen LogP contribution in [0.3, 0.4) is 0 Å². The highest BCUT2D eigenvalue weighted by Gasteiger charge is 2.07. The van der Waals surface area contributed by atoms with Gasteiger partial charge in [0.05, 0.1) is 0 Å². The molecule has 0 aromatic carbocycles. The van der Waals surface area contributed by atoms with Crippen molar-refractivity contribution >= 4 is 0 Å². The number of rotatable bonds is 0. The van der Waals surface area contributed by atoms with Gasteiger partial charge >= 0.3 is 0 Å². The Hall–Kier alpha value is -0.0800. The number of hydrogen-bond acceptors (Lipinski definition) is 2. The Kier molecular flexibility index (Phi) is 5.40. The molecule has 1 aliphatic carbocycles. The van der Waals surface area contributed by atoms with Crippen molar-refractivity contribution in [2.24, 2.45) is 11.5 Å². The second-order valence-corrected chi connectivity index (χ2v) is 4.44. The van der Waals surface area contributed by atoms with Crippen molar-refractivity contribution in [3.63, 3.8) is 0 Å². The second kappa shape index (κ2) is 6.39. The molecule has 0 saturated heterocycles. The quantitative estimate of drug-likeness (QED) is 0.606. The van der Waals surface area contributed by atoms with E-state index in [4.69, 9.17) is 11.5 Å². The van der Waals surface area contributed by atoms with Crippen molar-refractivity contribution < 1.29 is 0 Å². The zero-order valence-electron chi connectivity index (χ0n) is 8.67. The first-order valence-electron chi connectivity index (χ1n) is 5.80. The molecule has 0 radical (unpaired) electrons. The summed E-state index contributed by atoms with van der Waals surface area (Å²) in [5.41, 5.74) is 12.0. The molecule has 0 aromatic heterocycles. The van der Waals surface area contributed by atoms with Crippen molar-refractivity contribution in [1.29, 1.82) is 0 Å². The van der Waals surface area contributed by atoms with Crippen molar-refractivity contribution in [3.05, 3.63) is 0 Å². The molecule has 1 fully saturated rings. The molecule has 0 amide bonds. The summed E-state index contributed by atoms with van der Waals surface area (Å²) in [7, 11) is 0. The van der Waals surface area contributed by atoms with Gasteiger partial charge in [0, 0.05) is 12.1 Å².